The normalized spacial score (nSPS) is 18.6. The van der Waals surface area contributed by atoms with Crippen LogP contribution in [0.5, 0.6) is 0 Å². The minimum atomic E-state index is -4.61. The van der Waals surface area contributed by atoms with Gasteiger partial charge in [-0.3, -0.25) is 0 Å². The van der Waals surface area contributed by atoms with Crippen molar-refractivity contribution in [2.24, 2.45) is 0 Å². The summed E-state index contributed by atoms with van der Waals surface area (Å²) < 4.78 is 34.3. The molecule has 0 amide bonds. The number of alkyl halides is 3. The van der Waals surface area contributed by atoms with Crippen LogP contribution in [0.1, 0.15) is 13.3 Å². The van der Waals surface area contributed by atoms with Gasteiger partial charge in [0.1, 0.15) is 0 Å². The van der Waals surface area contributed by atoms with Gasteiger partial charge in [-0.1, -0.05) is 0 Å². The molecule has 2 N–H and O–H groups in total. The first kappa shape index (κ1) is 9.71. The molecule has 0 spiro atoms. The lowest BCUT2D eigenvalue weighted by Crippen LogP contribution is -2.31. The maximum Gasteiger partial charge on any atom is 0.414 e. The third-order valence-electron chi connectivity index (χ3n) is 0.942. The maximum absolute atomic E-state index is 11.4. The van der Waals surface area contributed by atoms with Crippen molar-refractivity contribution in [1.29, 1.82) is 0 Å². The quantitative estimate of drug-likeness (QED) is 0.620. The van der Waals surface area contributed by atoms with Gasteiger partial charge < -0.3 is 10.2 Å². The van der Waals surface area contributed by atoms with E-state index in [1.165, 1.54) is 6.92 Å². The van der Waals surface area contributed by atoms with Crippen molar-refractivity contribution in [3.05, 3.63) is 0 Å². The summed E-state index contributed by atoms with van der Waals surface area (Å²) in [6, 6.07) is 0. The molecule has 2 nitrogen and oxygen atoms in total. The number of hydrogen-bond donors (Lipinski definition) is 2. The highest BCUT2D eigenvalue weighted by atomic mass is 19.4. The van der Waals surface area contributed by atoms with Gasteiger partial charge in [-0.05, 0) is 6.92 Å². The van der Waals surface area contributed by atoms with Crippen molar-refractivity contribution in [3.8, 4) is 0 Å². The Morgan fingerprint density at radius 3 is 1.80 bits per heavy atom. The second kappa shape index (κ2) is 3.21. The summed E-state index contributed by atoms with van der Waals surface area (Å²) >= 11 is 0. The highest BCUT2D eigenvalue weighted by Crippen LogP contribution is 2.22. The number of halogens is 3. The van der Waals surface area contributed by atoms with Crippen LogP contribution in [0.2, 0.25) is 0 Å². The van der Waals surface area contributed by atoms with E-state index in [0.29, 0.717) is 0 Å². The van der Waals surface area contributed by atoms with Crippen molar-refractivity contribution in [1.82, 2.24) is 0 Å². The topological polar surface area (TPSA) is 40.5 Å². The summed E-state index contributed by atoms with van der Waals surface area (Å²) in [5.74, 6) is 0. The smallest absolute Gasteiger partial charge is 0.393 e. The van der Waals surface area contributed by atoms with E-state index in [2.05, 4.69) is 0 Å². The molecule has 5 heteroatoms. The Hall–Kier alpha value is -0.290. The third kappa shape index (κ3) is 3.68. The summed E-state index contributed by atoms with van der Waals surface area (Å²) in [6.45, 7) is 1.19. The van der Waals surface area contributed by atoms with Crippen LogP contribution in [0.4, 0.5) is 13.2 Å². The fourth-order valence-electron chi connectivity index (χ4n) is 0.457. The van der Waals surface area contributed by atoms with E-state index >= 15 is 0 Å². The number of aliphatic hydroxyl groups excluding tert-OH is 2. The molecule has 0 saturated heterocycles. The fourth-order valence-corrected chi connectivity index (χ4v) is 0.457. The molecular weight excluding hydrogens is 149 g/mol. The lowest BCUT2D eigenvalue weighted by Gasteiger charge is -2.15. The van der Waals surface area contributed by atoms with E-state index < -0.39 is 24.8 Å². The van der Waals surface area contributed by atoms with E-state index in [1.54, 1.807) is 0 Å². The van der Waals surface area contributed by atoms with Crippen LogP contribution in [-0.4, -0.2) is 28.6 Å². The second-order valence-corrected chi connectivity index (χ2v) is 2.14. The highest BCUT2D eigenvalue weighted by molar-refractivity contribution is 4.67. The third-order valence-corrected chi connectivity index (χ3v) is 0.942. The van der Waals surface area contributed by atoms with Gasteiger partial charge in [-0.15, -0.1) is 0 Å². The van der Waals surface area contributed by atoms with E-state index in [9.17, 15) is 13.2 Å². The predicted molar refractivity (Wildman–Crippen MR) is 28.4 cm³/mol. The van der Waals surface area contributed by atoms with Gasteiger partial charge >= 0.3 is 6.18 Å². The molecule has 0 aliphatic carbocycles. The van der Waals surface area contributed by atoms with Gasteiger partial charge in [0, 0.05) is 6.42 Å². The zero-order valence-electron chi connectivity index (χ0n) is 5.39. The van der Waals surface area contributed by atoms with Crippen molar-refractivity contribution in [3.63, 3.8) is 0 Å². The van der Waals surface area contributed by atoms with Crippen LogP contribution < -0.4 is 0 Å². The summed E-state index contributed by atoms with van der Waals surface area (Å²) in [6.07, 6.45) is -8.82. The summed E-state index contributed by atoms with van der Waals surface area (Å²) in [5.41, 5.74) is 0. The van der Waals surface area contributed by atoms with Gasteiger partial charge in [0.2, 0.25) is 0 Å². The molecule has 0 aromatic rings. The summed E-state index contributed by atoms with van der Waals surface area (Å²) in [4.78, 5) is 0. The Balaban J connectivity index is 3.73. The molecule has 0 aliphatic rings. The number of rotatable bonds is 2. The van der Waals surface area contributed by atoms with Crippen LogP contribution in [0.15, 0.2) is 0 Å². The lowest BCUT2D eigenvalue weighted by molar-refractivity contribution is -0.210. The first-order valence-corrected chi connectivity index (χ1v) is 2.77. The molecule has 0 bridgehead atoms. The molecule has 0 heterocycles. The van der Waals surface area contributed by atoms with Crippen LogP contribution in [0, 0.1) is 0 Å². The Morgan fingerprint density at radius 1 is 1.30 bits per heavy atom. The van der Waals surface area contributed by atoms with Crippen molar-refractivity contribution in [2.75, 3.05) is 0 Å². The SMILES string of the molecule is C[C@H](O)C[C@H](O)C(F)(F)F. The van der Waals surface area contributed by atoms with Crippen molar-refractivity contribution in [2.45, 2.75) is 31.7 Å². The van der Waals surface area contributed by atoms with E-state index in [1.807, 2.05) is 0 Å². The Bertz CT molecular complexity index is 99.6. The monoisotopic (exact) mass is 158 g/mol. The van der Waals surface area contributed by atoms with Crippen molar-refractivity contribution < 1.29 is 23.4 Å². The standard InChI is InChI=1S/C5H9F3O2/c1-3(9)2-4(10)5(6,7)8/h3-4,9-10H,2H2,1H3/t3-,4-/m0/s1. The predicted octanol–water partition coefficient (Wildman–Crippen LogP) is 0.681. The molecule has 0 radical (unpaired) electrons. The average molecular weight is 158 g/mol. The maximum atomic E-state index is 11.4. The van der Waals surface area contributed by atoms with E-state index in [4.69, 9.17) is 10.2 Å². The zero-order chi connectivity index (χ0) is 8.36. The Morgan fingerprint density at radius 2 is 1.70 bits per heavy atom. The molecular formula is C5H9F3O2. The first-order valence-electron chi connectivity index (χ1n) is 2.77. The first-order chi connectivity index (χ1) is 4.34. The van der Waals surface area contributed by atoms with Crippen LogP contribution in [0.3, 0.4) is 0 Å². The molecule has 0 aromatic carbocycles. The fraction of sp³-hybridized carbons (Fsp3) is 1.00. The minimum absolute atomic E-state index is 0.663. The molecule has 0 aliphatic heterocycles. The van der Waals surface area contributed by atoms with E-state index in [0.717, 1.165) is 0 Å². The number of hydrogen-bond acceptors (Lipinski definition) is 2. The van der Waals surface area contributed by atoms with Gasteiger partial charge in [-0.2, -0.15) is 13.2 Å². The van der Waals surface area contributed by atoms with Gasteiger partial charge in [0.25, 0.3) is 0 Å². The molecule has 62 valence electrons. The minimum Gasteiger partial charge on any atom is -0.393 e. The molecule has 2 atom stereocenters. The Labute approximate surface area is 56.3 Å². The highest BCUT2D eigenvalue weighted by Gasteiger charge is 2.38. The van der Waals surface area contributed by atoms with Crippen LogP contribution in [-0.2, 0) is 0 Å². The summed E-state index contributed by atoms with van der Waals surface area (Å²) in [7, 11) is 0. The van der Waals surface area contributed by atoms with Crippen LogP contribution in [0.25, 0.3) is 0 Å². The molecule has 0 unspecified atom stereocenters. The largest absolute Gasteiger partial charge is 0.414 e. The van der Waals surface area contributed by atoms with Crippen LogP contribution >= 0.6 is 0 Å². The molecule has 0 fully saturated rings. The Kier molecular flexibility index (Phi) is 3.11. The van der Waals surface area contributed by atoms with E-state index in [-0.39, 0.29) is 0 Å². The van der Waals surface area contributed by atoms with Gasteiger partial charge in [0.15, 0.2) is 6.10 Å². The van der Waals surface area contributed by atoms with Crippen molar-refractivity contribution >= 4 is 0 Å². The number of aliphatic hydroxyl groups is 2. The second-order valence-electron chi connectivity index (χ2n) is 2.14. The van der Waals surface area contributed by atoms with Gasteiger partial charge in [0.05, 0.1) is 6.10 Å². The molecule has 10 heavy (non-hydrogen) atoms. The average Bonchev–Trinajstić information content (AvgIpc) is 1.60. The molecule has 0 aromatic heterocycles. The molecule has 0 saturated carbocycles. The van der Waals surface area contributed by atoms with Gasteiger partial charge in [-0.25, -0.2) is 0 Å². The summed E-state index contributed by atoms with van der Waals surface area (Å²) in [5, 5.41) is 16.7. The molecule has 0 rings (SSSR count). The zero-order valence-corrected chi connectivity index (χ0v) is 5.39. The lowest BCUT2D eigenvalue weighted by atomic mass is 10.2.